The first-order valence-corrected chi connectivity index (χ1v) is 10.00. The van der Waals surface area contributed by atoms with Gasteiger partial charge in [0.2, 0.25) is 0 Å². The molecule has 2 aromatic rings. The van der Waals surface area contributed by atoms with Gasteiger partial charge in [-0.1, -0.05) is 48.5 Å². The van der Waals surface area contributed by atoms with Gasteiger partial charge in [-0.05, 0) is 48.9 Å². The van der Waals surface area contributed by atoms with Crippen molar-refractivity contribution in [1.82, 2.24) is 10.2 Å². The summed E-state index contributed by atoms with van der Waals surface area (Å²) in [5.74, 6) is 0.532. The number of aliphatic hydroxyl groups is 1. The highest BCUT2D eigenvalue weighted by molar-refractivity contribution is 5.96. The normalized spacial score (nSPS) is 22.0. The highest BCUT2D eigenvalue weighted by atomic mass is 16.3. The second-order valence-electron chi connectivity index (χ2n) is 7.96. The number of carbonyl (C=O) groups excluding carboxylic acids is 1. The van der Waals surface area contributed by atoms with Gasteiger partial charge in [0.25, 0.3) is 5.91 Å². The minimum absolute atomic E-state index is 0.110. The van der Waals surface area contributed by atoms with Crippen molar-refractivity contribution in [3.05, 3.63) is 71.3 Å². The monoisotopic (exact) mass is 364 g/mol. The number of rotatable bonds is 4. The summed E-state index contributed by atoms with van der Waals surface area (Å²) in [6, 6.07) is 18.2. The lowest BCUT2D eigenvalue weighted by Gasteiger charge is -2.38. The second-order valence-corrected chi connectivity index (χ2v) is 7.96. The fourth-order valence-corrected chi connectivity index (χ4v) is 4.42. The highest BCUT2D eigenvalue weighted by Gasteiger charge is 2.35. The van der Waals surface area contributed by atoms with E-state index in [0.29, 0.717) is 38.3 Å². The number of hydrogen-bond acceptors (Lipinski definition) is 3. The zero-order valence-electron chi connectivity index (χ0n) is 15.7. The number of nitrogens with one attached hydrogen (secondary N) is 1. The smallest absolute Gasteiger partial charge is 0.254 e. The van der Waals surface area contributed by atoms with Gasteiger partial charge in [-0.15, -0.1) is 0 Å². The predicted octanol–water partition coefficient (Wildman–Crippen LogP) is 2.97. The van der Waals surface area contributed by atoms with Gasteiger partial charge < -0.3 is 15.3 Å². The molecule has 0 radical (unpaired) electrons. The van der Waals surface area contributed by atoms with Crippen molar-refractivity contribution >= 4 is 5.91 Å². The molecular weight excluding hydrogens is 336 g/mol. The summed E-state index contributed by atoms with van der Waals surface area (Å²) in [6.07, 6.45) is 2.99. The molecule has 0 aliphatic carbocycles. The van der Waals surface area contributed by atoms with E-state index in [0.717, 1.165) is 36.2 Å². The number of nitrogens with zero attached hydrogens (tertiary/aromatic N) is 1. The van der Waals surface area contributed by atoms with E-state index < -0.39 is 5.60 Å². The molecule has 0 spiro atoms. The van der Waals surface area contributed by atoms with Crippen LogP contribution in [-0.4, -0.2) is 47.7 Å². The van der Waals surface area contributed by atoms with Gasteiger partial charge in [-0.25, -0.2) is 0 Å². The Bertz CT molecular complexity index is 776. The number of hydrogen-bond donors (Lipinski definition) is 2. The first-order chi connectivity index (χ1) is 13.1. The van der Waals surface area contributed by atoms with Crippen molar-refractivity contribution in [2.45, 2.75) is 37.2 Å². The third-order valence-electron chi connectivity index (χ3n) is 6.05. The van der Waals surface area contributed by atoms with Crippen molar-refractivity contribution < 1.29 is 9.90 Å². The van der Waals surface area contributed by atoms with Gasteiger partial charge in [-0.3, -0.25) is 4.79 Å². The maximum atomic E-state index is 13.2. The first-order valence-electron chi connectivity index (χ1n) is 10.00. The van der Waals surface area contributed by atoms with Crippen molar-refractivity contribution in [2.75, 3.05) is 26.2 Å². The minimum atomic E-state index is -0.715. The van der Waals surface area contributed by atoms with Crippen LogP contribution in [0.15, 0.2) is 54.6 Å². The average molecular weight is 364 g/mol. The van der Waals surface area contributed by atoms with E-state index in [2.05, 4.69) is 23.5 Å². The Morgan fingerprint density at radius 1 is 1.07 bits per heavy atom. The van der Waals surface area contributed by atoms with Gasteiger partial charge >= 0.3 is 0 Å². The molecule has 27 heavy (non-hydrogen) atoms. The van der Waals surface area contributed by atoms with Crippen LogP contribution in [0, 0.1) is 0 Å². The lowest BCUT2D eigenvalue weighted by atomic mass is 9.85. The van der Waals surface area contributed by atoms with Gasteiger partial charge in [0.05, 0.1) is 5.60 Å². The van der Waals surface area contributed by atoms with E-state index in [1.165, 1.54) is 0 Å². The lowest BCUT2D eigenvalue weighted by molar-refractivity contribution is -0.0162. The summed E-state index contributed by atoms with van der Waals surface area (Å²) >= 11 is 0. The maximum Gasteiger partial charge on any atom is 0.254 e. The maximum absolute atomic E-state index is 13.2. The lowest BCUT2D eigenvalue weighted by Crippen LogP contribution is -2.48. The van der Waals surface area contributed by atoms with Crippen molar-refractivity contribution in [3.8, 4) is 0 Å². The van der Waals surface area contributed by atoms with Crippen LogP contribution in [0.5, 0.6) is 0 Å². The van der Waals surface area contributed by atoms with Gasteiger partial charge in [0.1, 0.15) is 0 Å². The molecule has 2 saturated heterocycles. The molecule has 4 heteroatoms. The van der Waals surface area contributed by atoms with Gasteiger partial charge in [0.15, 0.2) is 0 Å². The topological polar surface area (TPSA) is 52.6 Å². The van der Waals surface area contributed by atoms with Gasteiger partial charge in [-0.2, -0.15) is 0 Å². The Hall–Kier alpha value is -2.17. The van der Waals surface area contributed by atoms with Crippen LogP contribution in [0.25, 0.3) is 0 Å². The molecule has 2 aliphatic rings. The zero-order chi connectivity index (χ0) is 18.7. The predicted molar refractivity (Wildman–Crippen MR) is 107 cm³/mol. The van der Waals surface area contributed by atoms with E-state index in [1.807, 2.05) is 41.3 Å². The summed E-state index contributed by atoms with van der Waals surface area (Å²) in [7, 11) is 0. The van der Waals surface area contributed by atoms with Crippen molar-refractivity contribution in [1.29, 1.82) is 0 Å². The quantitative estimate of drug-likeness (QED) is 0.877. The van der Waals surface area contributed by atoms with Crippen LogP contribution in [0.2, 0.25) is 0 Å². The number of benzene rings is 2. The van der Waals surface area contributed by atoms with Crippen LogP contribution in [0.1, 0.15) is 46.7 Å². The molecule has 0 aromatic heterocycles. The molecular formula is C23H28N2O2. The molecule has 142 valence electrons. The van der Waals surface area contributed by atoms with Crippen molar-refractivity contribution in [2.24, 2.45) is 0 Å². The largest absolute Gasteiger partial charge is 0.389 e. The van der Waals surface area contributed by atoms with Crippen LogP contribution < -0.4 is 5.32 Å². The van der Waals surface area contributed by atoms with E-state index in [-0.39, 0.29) is 5.91 Å². The van der Waals surface area contributed by atoms with E-state index in [9.17, 15) is 9.90 Å². The Kier molecular flexibility index (Phi) is 5.28. The summed E-state index contributed by atoms with van der Waals surface area (Å²) in [5.41, 5.74) is 2.43. The summed E-state index contributed by atoms with van der Waals surface area (Å²) in [4.78, 5) is 15.1. The van der Waals surface area contributed by atoms with Crippen LogP contribution >= 0.6 is 0 Å². The Morgan fingerprint density at radius 3 is 2.48 bits per heavy atom. The highest BCUT2D eigenvalue weighted by Crippen LogP contribution is 2.30. The number of likely N-dealkylation sites (tertiary alicyclic amines) is 1. The molecule has 2 aliphatic heterocycles. The molecule has 0 unspecified atom stereocenters. The SMILES string of the molecule is O=C(c1ccccc1[C@H]1CCNC1)N1CCC(O)(Cc2ccccc2)CC1. The third kappa shape index (κ3) is 4.07. The van der Waals surface area contributed by atoms with E-state index >= 15 is 0 Å². The summed E-state index contributed by atoms with van der Waals surface area (Å²) in [5, 5.41) is 14.4. The molecule has 1 amide bonds. The minimum Gasteiger partial charge on any atom is -0.389 e. The third-order valence-corrected chi connectivity index (χ3v) is 6.05. The Morgan fingerprint density at radius 2 is 1.78 bits per heavy atom. The van der Waals surface area contributed by atoms with Crippen molar-refractivity contribution in [3.63, 3.8) is 0 Å². The Labute approximate surface area is 161 Å². The molecule has 1 atom stereocenters. The molecule has 2 N–H and O–H groups in total. The average Bonchev–Trinajstić information content (AvgIpc) is 3.23. The van der Waals surface area contributed by atoms with E-state index in [4.69, 9.17) is 0 Å². The summed E-state index contributed by atoms with van der Waals surface area (Å²) < 4.78 is 0. The molecule has 0 bridgehead atoms. The second kappa shape index (κ2) is 7.83. The fraction of sp³-hybridized carbons (Fsp3) is 0.435. The summed E-state index contributed by atoms with van der Waals surface area (Å²) in [6.45, 7) is 3.18. The van der Waals surface area contributed by atoms with Gasteiger partial charge in [0, 0.05) is 31.6 Å². The van der Waals surface area contributed by atoms with Crippen LogP contribution in [0.3, 0.4) is 0 Å². The fourth-order valence-electron chi connectivity index (χ4n) is 4.42. The standard InChI is InChI=1S/C23H28N2O2/c26-22(21-9-5-4-8-20(21)19-10-13-24-17-19)25-14-11-23(27,12-15-25)16-18-6-2-1-3-7-18/h1-9,19,24,27H,10-17H2/t19-/m0/s1. The Balaban J connectivity index is 1.43. The number of carbonyl (C=O) groups is 1. The molecule has 2 fully saturated rings. The molecule has 2 heterocycles. The first kappa shape index (κ1) is 18.2. The van der Waals surface area contributed by atoms with Crippen LogP contribution in [-0.2, 0) is 6.42 Å². The zero-order valence-corrected chi connectivity index (χ0v) is 15.7. The number of amides is 1. The van der Waals surface area contributed by atoms with E-state index in [1.54, 1.807) is 0 Å². The number of piperidine rings is 1. The molecule has 2 aromatic carbocycles. The molecule has 0 saturated carbocycles. The molecule has 4 rings (SSSR count). The van der Waals surface area contributed by atoms with Crippen LogP contribution in [0.4, 0.5) is 0 Å². The molecule has 4 nitrogen and oxygen atoms in total.